The van der Waals surface area contributed by atoms with Gasteiger partial charge in [-0.2, -0.15) is 0 Å². The number of nitrogens with zero attached hydrogens (tertiary/aromatic N) is 1. The highest BCUT2D eigenvalue weighted by atomic mass is 16.7. The summed E-state index contributed by atoms with van der Waals surface area (Å²) in [6.45, 7) is 1.29. The van der Waals surface area contributed by atoms with Gasteiger partial charge in [0.2, 0.25) is 0 Å². The van der Waals surface area contributed by atoms with E-state index in [1.165, 1.54) is 51.2 Å². The molecule has 0 atom stereocenters. The molecule has 1 aromatic heterocycles. The minimum absolute atomic E-state index is 0.180. The lowest BCUT2D eigenvalue weighted by Gasteiger charge is -2.57. The Balaban J connectivity index is 1.29. The maximum absolute atomic E-state index is 11.8. The SMILES string of the molecule is COCCOCOc1ccc(-c2cnc(-c3ccc(C(=O)OC)cc3)[nH]2)cc1C12CC3CC(CC(C3)C1)C2. The summed E-state index contributed by atoms with van der Waals surface area (Å²) < 4.78 is 21.8. The molecule has 38 heavy (non-hydrogen) atoms. The molecule has 200 valence electrons. The lowest BCUT2D eigenvalue weighted by atomic mass is 9.48. The molecule has 0 unspecified atom stereocenters. The number of hydrogen-bond donors (Lipinski definition) is 1. The first-order chi connectivity index (χ1) is 18.6. The number of imidazole rings is 1. The molecule has 0 amide bonds. The summed E-state index contributed by atoms with van der Waals surface area (Å²) in [5.41, 5.74) is 5.00. The molecule has 4 saturated carbocycles. The summed E-state index contributed by atoms with van der Waals surface area (Å²) in [5.74, 6) is 3.86. The van der Waals surface area contributed by atoms with Crippen LogP contribution in [0, 0.1) is 17.8 Å². The minimum atomic E-state index is -0.347. The molecule has 0 radical (unpaired) electrons. The second-order valence-corrected chi connectivity index (χ2v) is 11.3. The van der Waals surface area contributed by atoms with E-state index in [-0.39, 0.29) is 18.2 Å². The van der Waals surface area contributed by atoms with Gasteiger partial charge in [-0.25, -0.2) is 9.78 Å². The Hall–Kier alpha value is -3.16. The summed E-state index contributed by atoms with van der Waals surface area (Å²) in [6.07, 6.45) is 9.84. The van der Waals surface area contributed by atoms with Gasteiger partial charge in [0.15, 0.2) is 6.79 Å². The lowest BCUT2D eigenvalue weighted by Crippen LogP contribution is -2.48. The van der Waals surface area contributed by atoms with E-state index in [0.717, 1.165) is 46.1 Å². The first-order valence-electron chi connectivity index (χ1n) is 13.6. The average molecular weight is 517 g/mol. The largest absolute Gasteiger partial charge is 0.467 e. The highest BCUT2D eigenvalue weighted by Crippen LogP contribution is 2.62. The van der Waals surface area contributed by atoms with Crippen LogP contribution in [0.4, 0.5) is 0 Å². The van der Waals surface area contributed by atoms with Crippen molar-refractivity contribution in [3.8, 4) is 28.4 Å². The Morgan fingerprint density at radius 2 is 1.63 bits per heavy atom. The Labute approximate surface area is 223 Å². The van der Waals surface area contributed by atoms with Gasteiger partial charge < -0.3 is 23.9 Å². The third kappa shape index (κ3) is 4.85. The molecule has 0 aliphatic heterocycles. The van der Waals surface area contributed by atoms with Crippen molar-refractivity contribution in [2.24, 2.45) is 17.8 Å². The van der Waals surface area contributed by atoms with Crippen LogP contribution in [-0.4, -0.2) is 50.2 Å². The van der Waals surface area contributed by atoms with E-state index in [0.29, 0.717) is 18.8 Å². The van der Waals surface area contributed by atoms with Crippen LogP contribution in [0.2, 0.25) is 0 Å². The molecule has 0 spiro atoms. The van der Waals surface area contributed by atoms with E-state index in [9.17, 15) is 4.79 Å². The van der Waals surface area contributed by atoms with Gasteiger partial charge >= 0.3 is 5.97 Å². The monoisotopic (exact) mass is 516 g/mol. The number of carbonyl (C=O) groups excluding carboxylic acids is 1. The Bertz CT molecular complexity index is 1250. The van der Waals surface area contributed by atoms with Gasteiger partial charge in [-0.1, -0.05) is 12.1 Å². The second-order valence-electron chi connectivity index (χ2n) is 11.3. The third-order valence-electron chi connectivity index (χ3n) is 8.78. The molecule has 4 aliphatic rings. The van der Waals surface area contributed by atoms with Crippen LogP contribution in [0.25, 0.3) is 22.6 Å². The molecular weight excluding hydrogens is 480 g/mol. The van der Waals surface area contributed by atoms with Crippen LogP contribution < -0.4 is 4.74 Å². The van der Waals surface area contributed by atoms with Gasteiger partial charge in [-0.3, -0.25) is 0 Å². The summed E-state index contributed by atoms with van der Waals surface area (Å²) in [7, 11) is 3.06. The molecule has 1 heterocycles. The number of methoxy groups -OCH3 is 2. The van der Waals surface area contributed by atoms with Crippen molar-refractivity contribution in [1.29, 1.82) is 0 Å². The number of aromatic nitrogens is 2. The average Bonchev–Trinajstić information content (AvgIpc) is 3.42. The molecule has 4 fully saturated rings. The fourth-order valence-corrected chi connectivity index (χ4v) is 7.48. The number of hydrogen-bond acceptors (Lipinski definition) is 6. The molecule has 0 saturated heterocycles. The standard InChI is InChI=1S/C31H36N2O5/c1-35-9-10-37-19-38-28-8-7-25(14-26(28)31-15-20-11-21(16-31)13-22(12-20)17-31)27-18-32-29(33-27)23-3-5-24(6-4-23)30(34)36-2/h3-8,14,18,20-22H,9-13,15-17,19H2,1-2H3,(H,32,33). The van der Waals surface area contributed by atoms with Gasteiger partial charge in [0.25, 0.3) is 0 Å². The van der Waals surface area contributed by atoms with E-state index in [2.05, 4.69) is 28.2 Å². The molecule has 3 aromatic rings. The van der Waals surface area contributed by atoms with Gasteiger partial charge in [0.1, 0.15) is 11.6 Å². The number of carbonyl (C=O) groups is 1. The number of rotatable bonds is 10. The normalized spacial score (nSPS) is 25.5. The van der Waals surface area contributed by atoms with E-state index >= 15 is 0 Å². The smallest absolute Gasteiger partial charge is 0.337 e. The summed E-state index contributed by atoms with van der Waals surface area (Å²) in [6, 6.07) is 13.8. The highest BCUT2D eigenvalue weighted by molar-refractivity contribution is 5.89. The van der Waals surface area contributed by atoms with Crippen LogP contribution in [-0.2, 0) is 19.6 Å². The van der Waals surface area contributed by atoms with Crippen molar-refractivity contribution in [2.45, 2.75) is 43.9 Å². The molecule has 1 N–H and O–H groups in total. The Morgan fingerprint density at radius 1 is 0.947 bits per heavy atom. The number of ether oxygens (including phenoxy) is 4. The summed E-state index contributed by atoms with van der Waals surface area (Å²) >= 11 is 0. The van der Waals surface area contributed by atoms with Gasteiger partial charge in [0.05, 0.1) is 37.8 Å². The summed E-state index contributed by atoms with van der Waals surface area (Å²) in [5, 5.41) is 0. The zero-order valence-electron chi connectivity index (χ0n) is 22.2. The molecule has 7 heteroatoms. The fourth-order valence-electron chi connectivity index (χ4n) is 7.48. The molecule has 2 aromatic carbocycles. The van der Waals surface area contributed by atoms with E-state index in [1.54, 1.807) is 19.2 Å². The van der Waals surface area contributed by atoms with Crippen molar-refractivity contribution in [2.75, 3.05) is 34.2 Å². The molecule has 4 aliphatic carbocycles. The Kier molecular flexibility index (Phi) is 6.97. The molecular formula is C31H36N2O5. The predicted molar refractivity (Wildman–Crippen MR) is 144 cm³/mol. The van der Waals surface area contributed by atoms with Crippen LogP contribution in [0.5, 0.6) is 5.75 Å². The van der Waals surface area contributed by atoms with Crippen LogP contribution in [0.1, 0.15) is 54.4 Å². The topological polar surface area (TPSA) is 82.7 Å². The quantitative estimate of drug-likeness (QED) is 0.202. The van der Waals surface area contributed by atoms with Gasteiger partial charge in [0, 0.05) is 23.8 Å². The second kappa shape index (κ2) is 10.5. The van der Waals surface area contributed by atoms with Crippen LogP contribution in [0.15, 0.2) is 48.7 Å². The highest BCUT2D eigenvalue weighted by Gasteiger charge is 2.52. The Morgan fingerprint density at radius 3 is 2.29 bits per heavy atom. The molecule has 7 nitrogen and oxygen atoms in total. The van der Waals surface area contributed by atoms with Gasteiger partial charge in [-0.05, 0) is 92.0 Å². The van der Waals surface area contributed by atoms with Gasteiger partial charge in [-0.15, -0.1) is 0 Å². The van der Waals surface area contributed by atoms with Crippen molar-refractivity contribution >= 4 is 5.97 Å². The maximum atomic E-state index is 11.8. The van der Waals surface area contributed by atoms with E-state index in [4.69, 9.17) is 18.9 Å². The first kappa shape index (κ1) is 25.1. The third-order valence-corrected chi connectivity index (χ3v) is 8.78. The minimum Gasteiger partial charge on any atom is -0.467 e. The first-order valence-corrected chi connectivity index (χ1v) is 13.6. The lowest BCUT2D eigenvalue weighted by molar-refractivity contribution is -0.0189. The zero-order chi connectivity index (χ0) is 26.1. The van der Waals surface area contributed by atoms with Crippen molar-refractivity contribution < 1.29 is 23.7 Å². The molecule has 7 rings (SSSR count). The van der Waals surface area contributed by atoms with Crippen LogP contribution in [0.3, 0.4) is 0 Å². The fraction of sp³-hybridized carbons (Fsp3) is 0.484. The van der Waals surface area contributed by atoms with Crippen molar-refractivity contribution in [3.63, 3.8) is 0 Å². The zero-order valence-corrected chi connectivity index (χ0v) is 22.2. The number of nitrogens with one attached hydrogen (secondary N) is 1. The number of esters is 1. The number of H-pyrrole nitrogens is 1. The van der Waals surface area contributed by atoms with E-state index < -0.39 is 0 Å². The summed E-state index contributed by atoms with van der Waals surface area (Å²) in [4.78, 5) is 19.9. The van der Waals surface area contributed by atoms with Crippen molar-refractivity contribution in [3.05, 3.63) is 59.8 Å². The van der Waals surface area contributed by atoms with Crippen molar-refractivity contribution in [1.82, 2.24) is 9.97 Å². The molecule has 4 bridgehead atoms. The number of aromatic amines is 1. The van der Waals surface area contributed by atoms with E-state index in [1.807, 2.05) is 18.3 Å². The van der Waals surface area contributed by atoms with Crippen LogP contribution >= 0.6 is 0 Å². The number of benzene rings is 2. The maximum Gasteiger partial charge on any atom is 0.337 e. The predicted octanol–water partition coefficient (Wildman–Crippen LogP) is 6.00.